The van der Waals surface area contributed by atoms with Crippen molar-refractivity contribution in [1.29, 1.82) is 0 Å². The third-order valence-electron chi connectivity index (χ3n) is 3.39. The summed E-state index contributed by atoms with van der Waals surface area (Å²) in [6.07, 6.45) is 3.43. The summed E-state index contributed by atoms with van der Waals surface area (Å²) in [6.45, 7) is 0. The van der Waals surface area contributed by atoms with Gasteiger partial charge in [-0.15, -0.1) is 0 Å². The second-order valence-electron chi connectivity index (χ2n) is 4.94. The molecule has 3 aromatic rings. The van der Waals surface area contributed by atoms with Gasteiger partial charge in [0.25, 0.3) is 0 Å². The van der Waals surface area contributed by atoms with E-state index in [9.17, 15) is 14.4 Å². The van der Waals surface area contributed by atoms with Gasteiger partial charge in [0.2, 0.25) is 0 Å². The molecule has 0 bridgehead atoms. The lowest BCUT2D eigenvalue weighted by atomic mass is 10.1. The number of benzene rings is 2. The maximum atomic E-state index is 11.4. The second-order valence-corrected chi connectivity index (χ2v) is 4.94. The molecule has 1 heterocycles. The van der Waals surface area contributed by atoms with Crippen LogP contribution in [0.1, 0.15) is 21.5 Å². The zero-order chi connectivity index (χ0) is 16.4. The molecule has 0 spiro atoms. The van der Waals surface area contributed by atoms with Crippen molar-refractivity contribution in [3.8, 4) is 0 Å². The standard InChI is InChI=1S/C17H12N2O4/c20-15-16(21)19-14-9-10(6-8-13(14)18-15)5-7-11-3-1-2-4-12(11)17(22)23/h1-9H,(H,18,20)(H,19,21)(H,22,23)/b7-5+. The maximum absolute atomic E-state index is 11.4. The Hall–Kier alpha value is -3.41. The Bertz CT molecular complexity index is 1040. The number of hydrogen-bond acceptors (Lipinski definition) is 3. The van der Waals surface area contributed by atoms with Crippen LogP contribution in [0.5, 0.6) is 0 Å². The fraction of sp³-hybridized carbons (Fsp3) is 0. The van der Waals surface area contributed by atoms with Gasteiger partial charge in [-0.3, -0.25) is 9.59 Å². The molecular formula is C17H12N2O4. The minimum Gasteiger partial charge on any atom is -0.478 e. The highest BCUT2D eigenvalue weighted by molar-refractivity contribution is 5.93. The lowest BCUT2D eigenvalue weighted by Gasteiger charge is -2.01. The van der Waals surface area contributed by atoms with E-state index in [1.807, 2.05) is 0 Å². The molecule has 0 saturated carbocycles. The SMILES string of the molecule is O=C(O)c1ccccc1/C=C/c1ccc2[nH]c(=O)c(=O)[nH]c2c1. The monoisotopic (exact) mass is 308 g/mol. The highest BCUT2D eigenvalue weighted by Crippen LogP contribution is 2.15. The molecule has 0 aliphatic heterocycles. The van der Waals surface area contributed by atoms with E-state index in [1.54, 1.807) is 48.6 Å². The van der Waals surface area contributed by atoms with Crippen LogP contribution in [-0.4, -0.2) is 21.0 Å². The summed E-state index contributed by atoms with van der Waals surface area (Å²) in [7, 11) is 0. The molecule has 0 atom stereocenters. The lowest BCUT2D eigenvalue weighted by molar-refractivity contribution is 0.0696. The number of hydrogen-bond donors (Lipinski definition) is 3. The van der Waals surface area contributed by atoms with Crippen LogP contribution in [-0.2, 0) is 0 Å². The molecule has 0 saturated heterocycles. The van der Waals surface area contributed by atoms with E-state index in [2.05, 4.69) is 9.97 Å². The third kappa shape index (κ3) is 2.96. The van der Waals surface area contributed by atoms with E-state index >= 15 is 0 Å². The summed E-state index contributed by atoms with van der Waals surface area (Å²) < 4.78 is 0. The minimum absolute atomic E-state index is 0.210. The van der Waals surface area contributed by atoms with Gasteiger partial charge in [-0.05, 0) is 29.3 Å². The Balaban J connectivity index is 2.02. The van der Waals surface area contributed by atoms with Crippen molar-refractivity contribution >= 4 is 29.2 Å². The molecule has 114 valence electrons. The quantitative estimate of drug-likeness (QED) is 0.509. The largest absolute Gasteiger partial charge is 0.478 e. The highest BCUT2D eigenvalue weighted by atomic mass is 16.4. The molecule has 6 nitrogen and oxygen atoms in total. The van der Waals surface area contributed by atoms with E-state index in [1.165, 1.54) is 6.07 Å². The number of aromatic amines is 2. The van der Waals surface area contributed by atoms with Crippen molar-refractivity contribution in [3.63, 3.8) is 0 Å². The average Bonchev–Trinajstić information content (AvgIpc) is 2.54. The first kappa shape index (κ1) is 14.5. The van der Waals surface area contributed by atoms with Crippen molar-refractivity contribution in [3.05, 3.63) is 79.9 Å². The van der Waals surface area contributed by atoms with Gasteiger partial charge in [-0.1, -0.05) is 36.4 Å². The summed E-state index contributed by atoms with van der Waals surface area (Å²) in [5.74, 6) is -0.995. The molecule has 0 unspecified atom stereocenters. The smallest absolute Gasteiger partial charge is 0.336 e. The summed E-state index contributed by atoms with van der Waals surface area (Å²) in [5.41, 5.74) is 1.17. The topological polar surface area (TPSA) is 103 Å². The number of nitrogens with one attached hydrogen (secondary N) is 2. The number of fused-ring (bicyclic) bond motifs is 1. The van der Waals surface area contributed by atoms with Crippen molar-refractivity contribution in [2.24, 2.45) is 0 Å². The second kappa shape index (κ2) is 5.76. The summed E-state index contributed by atoms with van der Waals surface area (Å²) in [5, 5.41) is 9.15. The van der Waals surface area contributed by atoms with Gasteiger partial charge < -0.3 is 15.1 Å². The van der Waals surface area contributed by atoms with Crippen LogP contribution < -0.4 is 11.1 Å². The first-order valence-electron chi connectivity index (χ1n) is 6.81. The highest BCUT2D eigenvalue weighted by Gasteiger charge is 2.06. The zero-order valence-corrected chi connectivity index (χ0v) is 11.9. The van der Waals surface area contributed by atoms with Gasteiger partial charge in [0.1, 0.15) is 0 Å². The molecule has 6 heteroatoms. The van der Waals surface area contributed by atoms with Crippen LogP contribution in [0.2, 0.25) is 0 Å². The summed E-state index contributed by atoms with van der Waals surface area (Å²) in [6, 6.07) is 11.8. The van der Waals surface area contributed by atoms with Gasteiger partial charge in [0, 0.05) is 0 Å². The molecule has 3 rings (SSSR count). The van der Waals surface area contributed by atoms with E-state index in [4.69, 9.17) is 5.11 Å². The van der Waals surface area contributed by atoms with Gasteiger partial charge in [0.15, 0.2) is 0 Å². The maximum Gasteiger partial charge on any atom is 0.336 e. The van der Waals surface area contributed by atoms with E-state index in [-0.39, 0.29) is 5.56 Å². The molecular weight excluding hydrogens is 296 g/mol. The molecule has 2 aromatic carbocycles. The van der Waals surface area contributed by atoms with E-state index < -0.39 is 17.1 Å². The number of carboxylic acid groups (broad SMARTS) is 1. The Kier molecular flexibility index (Phi) is 3.64. The lowest BCUT2D eigenvalue weighted by Crippen LogP contribution is -2.28. The van der Waals surface area contributed by atoms with Crippen LogP contribution in [0, 0.1) is 0 Å². The van der Waals surface area contributed by atoms with Crippen molar-refractivity contribution in [1.82, 2.24) is 9.97 Å². The van der Waals surface area contributed by atoms with Gasteiger partial charge >= 0.3 is 17.1 Å². The van der Waals surface area contributed by atoms with Crippen LogP contribution in [0.15, 0.2) is 52.1 Å². The van der Waals surface area contributed by atoms with E-state index in [0.29, 0.717) is 16.6 Å². The number of H-pyrrole nitrogens is 2. The van der Waals surface area contributed by atoms with Gasteiger partial charge in [0.05, 0.1) is 16.6 Å². The van der Waals surface area contributed by atoms with Crippen LogP contribution in [0.4, 0.5) is 0 Å². The summed E-state index contributed by atoms with van der Waals surface area (Å²) in [4.78, 5) is 38.8. The Labute approximate surface area is 129 Å². The zero-order valence-electron chi connectivity index (χ0n) is 11.9. The fourth-order valence-electron chi connectivity index (χ4n) is 2.26. The van der Waals surface area contributed by atoms with Crippen molar-refractivity contribution in [2.75, 3.05) is 0 Å². The molecule has 3 N–H and O–H groups in total. The number of rotatable bonds is 3. The van der Waals surface area contributed by atoms with Gasteiger partial charge in [-0.25, -0.2) is 4.79 Å². The number of carbonyl (C=O) groups is 1. The molecule has 23 heavy (non-hydrogen) atoms. The van der Waals surface area contributed by atoms with Crippen LogP contribution >= 0.6 is 0 Å². The molecule has 0 amide bonds. The molecule has 0 aliphatic carbocycles. The fourth-order valence-corrected chi connectivity index (χ4v) is 2.26. The third-order valence-corrected chi connectivity index (χ3v) is 3.39. The number of aromatic nitrogens is 2. The predicted molar refractivity (Wildman–Crippen MR) is 87.5 cm³/mol. The van der Waals surface area contributed by atoms with Crippen LogP contribution in [0.25, 0.3) is 23.2 Å². The Morgan fingerprint density at radius 3 is 2.35 bits per heavy atom. The molecule has 0 radical (unpaired) electrons. The van der Waals surface area contributed by atoms with E-state index in [0.717, 1.165) is 5.56 Å². The first-order chi connectivity index (χ1) is 11.0. The average molecular weight is 308 g/mol. The minimum atomic E-state index is -0.995. The summed E-state index contributed by atoms with van der Waals surface area (Å²) >= 11 is 0. The van der Waals surface area contributed by atoms with Gasteiger partial charge in [-0.2, -0.15) is 0 Å². The first-order valence-corrected chi connectivity index (χ1v) is 6.81. The number of carboxylic acids is 1. The van der Waals surface area contributed by atoms with Crippen LogP contribution in [0.3, 0.4) is 0 Å². The normalized spacial score (nSPS) is 11.1. The predicted octanol–water partition coefficient (Wildman–Crippen LogP) is 2.08. The molecule has 0 fully saturated rings. The van der Waals surface area contributed by atoms with Crippen molar-refractivity contribution < 1.29 is 9.90 Å². The molecule has 1 aromatic heterocycles. The number of aromatic carboxylic acids is 1. The Morgan fingerprint density at radius 2 is 1.61 bits per heavy atom. The van der Waals surface area contributed by atoms with Crippen molar-refractivity contribution in [2.45, 2.75) is 0 Å². The Morgan fingerprint density at radius 1 is 0.913 bits per heavy atom. The molecule has 0 aliphatic rings.